The van der Waals surface area contributed by atoms with E-state index in [1.807, 2.05) is 0 Å². The van der Waals surface area contributed by atoms with Gasteiger partial charge in [0, 0.05) is 12.6 Å². The predicted octanol–water partition coefficient (Wildman–Crippen LogP) is 2.66. The molecule has 0 aromatic carbocycles. The minimum absolute atomic E-state index is 0.326. The zero-order chi connectivity index (χ0) is 17.5. The molecule has 9 heteroatoms. The molecule has 144 valence electrons. The van der Waals surface area contributed by atoms with Gasteiger partial charge in [-0.1, -0.05) is 19.3 Å². The number of hydrogen-bond acceptors (Lipinski definition) is 8. The Kier molecular flexibility index (Phi) is 12.9. The van der Waals surface area contributed by atoms with Gasteiger partial charge in [-0.15, -0.1) is 0 Å². The second-order valence-electron chi connectivity index (χ2n) is 5.46. The van der Waals surface area contributed by atoms with Crippen LogP contribution in [0.2, 0.25) is 0 Å². The summed E-state index contributed by atoms with van der Waals surface area (Å²) in [5.74, 6) is 0. The minimum Gasteiger partial charge on any atom is -0.347 e. The highest BCUT2D eigenvalue weighted by molar-refractivity contribution is 6.52. The maximum atomic E-state index is 5.68. The van der Waals surface area contributed by atoms with Crippen LogP contribution in [0.25, 0.3) is 0 Å². The van der Waals surface area contributed by atoms with Gasteiger partial charge in [-0.05, 0) is 46.6 Å². The average Bonchev–Trinajstić information content (AvgIpc) is 2.63. The van der Waals surface area contributed by atoms with Gasteiger partial charge in [-0.3, -0.25) is 0 Å². The van der Waals surface area contributed by atoms with Crippen LogP contribution >= 0.6 is 0 Å². The van der Waals surface area contributed by atoms with Gasteiger partial charge in [0.15, 0.2) is 0 Å². The molecule has 8 nitrogen and oxygen atoms in total. The van der Waals surface area contributed by atoms with Crippen LogP contribution in [-0.4, -0.2) is 48.1 Å². The van der Waals surface area contributed by atoms with Crippen molar-refractivity contribution < 1.29 is 32.8 Å². The molecule has 1 N–H and O–H groups in total. The van der Waals surface area contributed by atoms with Crippen molar-refractivity contribution in [3.05, 3.63) is 0 Å². The third-order valence-electron chi connectivity index (χ3n) is 3.47. The van der Waals surface area contributed by atoms with Gasteiger partial charge >= 0.3 is 9.05 Å². The van der Waals surface area contributed by atoms with Gasteiger partial charge in [0.1, 0.15) is 0 Å². The number of hydrogen-bond donors (Lipinski definition) is 1. The lowest BCUT2D eigenvalue weighted by Gasteiger charge is -2.25. The van der Waals surface area contributed by atoms with Gasteiger partial charge in [0.2, 0.25) is 0 Å². The van der Waals surface area contributed by atoms with E-state index >= 15 is 0 Å². The number of rotatable bonds is 15. The molecule has 0 aromatic heterocycles. The normalized spacial score (nSPS) is 16.6. The van der Waals surface area contributed by atoms with E-state index in [0.717, 1.165) is 13.0 Å². The third-order valence-corrected chi connectivity index (χ3v) is 5.00. The molecule has 1 fully saturated rings. The van der Waals surface area contributed by atoms with Crippen LogP contribution in [0.15, 0.2) is 0 Å². The van der Waals surface area contributed by atoms with Gasteiger partial charge < -0.3 is 9.74 Å². The molecule has 0 aliphatic heterocycles. The molecule has 0 radical (unpaired) electrons. The lowest BCUT2D eigenvalue weighted by atomic mass is 9.95. The van der Waals surface area contributed by atoms with Gasteiger partial charge in [-0.2, -0.15) is 13.7 Å². The molecule has 1 aliphatic carbocycles. The predicted molar refractivity (Wildman–Crippen MR) is 89.3 cm³/mol. The Bertz CT molecular complexity index is 271. The molecule has 1 aliphatic rings. The fraction of sp³-hybridized carbons (Fsp3) is 1.00. The third kappa shape index (κ3) is 9.40. The Morgan fingerprint density at radius 1 is 0.833 bits per heavy atom. The maximum absolute atomic E-state index is 5.68. The van der Waals surface area contributed by atoms with Crippen molar-refractivity contribution in [2.24, 2.45) is 0 Å². The van der Waals surface area contributed by atoms with E-state index in [1.165, 1.54) is 32.1 Å². The van der Waals surface area contributed by atoms with Crippen molar-refractivity contribution in [2.45, 2.75) is 65.3 Å². The fourth-order valence-corrected chi connectivity index (χ4v) is 3.80. The van der Waals surface area contributed by atoms with E-state index in [4.69, 9.17) is 32.8 Å². The highest BCUT2D eigenvalue weighted by Gasteiger charge is 2.52. The van der Waals surface area contributed by atoms with E-state index in [9.17, 15) is 0 Å². The summed E-state index contributed by atoms with van der Waals surface area (Å²) in [5.41, 5.74) is 0. The first-order valence-corrected chi connectivity index (χ1v) is 10.7. The second-order valence-corrected chi connectivity index (χ2v) is 7.25. The lowest BCUT2D eigenvalue weighted by Crippen LogP contribution is -2.49. The summed E-state index contributed by atoms with van der Waals surface area (Å²) < 4.78 is 21.2. The first kappa shape index (κ1) is 21.9. The van der Waals surface area contributed by atoms with Crippen LogP contribution in [0, 0.1) is 0 Å². The molecular weight excluding hydrogens is 334 g/mol. The average molecular weight is 368 g/mol. The smallest absolute Gasteiger partial charge is 0.347 e. The number of nitrogens with one attached hydrogen (secondary N) is 1. The highest BCUT2D eigenvalue weighted by atomic mass is 28.4. The summed E-state index contributed by atoms with van der Waals surface area (Å²) in [6.45, 7) is 7.59. The van der Waals surface area contributed by atoms with E-state index in [2.05, 4.69) is 5.32 Å². The summed E-state index contributed by atoms with van der Waals surface area (Å²) in [5, 5.41) is 3.56. The molecule has 0 saturated heterocycles. The van der Waals surface area contributed by atoms with Crippen molar-refractivity contribution in [3.63, 3.8) is 0 Å². The SMILES string of the molecule is CCOO[Si](OCCCNC1CCCCC1)(OOCC)OOCC. The maximum Gasteiger partial charge on any atom is 0.764 e. The zero-order valence-electron chi connectivity index (χ0n) is 15.2. The summed E-state index contributed by atoms with van der Waals surface area (Å²) in [6.07, 6.45) is 7.30. The molecule has 0 aromatic rings. The van der Waals surface area contributed by atoms with Gasteiger partial charge in [-0.25, -0.2) is 14.7 Å². The molecule has 0 bridgehead atoms. The Balaban J connectivity index is 2.34. The second kappa shape index (κ2) is 14.1. The molecule has 0 amide bonds. The molecule has 1 saturated carbocycles. The van der Waals surface area contributed by atoms with Crippen molar-refractivity contribution in [2.75, 3.05) is 33.0 Å². The van der Waals surface area contributed by atoms with Gasteiger partial charge in [0.05, 0.1) is 19.8 Å². The molecule has 24 heavy (non-hydrogen) atoms. The standard InChI is InChI=1S/C15H33NO7Si/c1-4-17-21-24(22-18-5-2,23-19-6-3)20-14-10-13-16-15-11-8-7-9-12-15/h15-16H,4-14H2,1-3H3. The van der Waals surface area contributed by atoms with Gasteiger partial charge in [0.25, 0.3) is 0 Å². The topological polar surface area (TPSA) is 76.6 Å². The van der Waals surface area contributed by atoms with Crippen molar-refractivity contribution >= 4 is 9.05 Å². The molecular formula is C15H33NO7Si. The Hall–Kier alpha value is -0.103. The van der Waals surface area contributed by atoms with Crippen molar-refractivity contribution in [1.29, 1.82) is 0 Å². The van der Waals surface area contributed by atoms with Crippen molar-refractivity contribution in [3.8, 4) is 0 Å². The summed E-state index contributed by atoms with van der Waals surface area (Å²) in [6, 6.07) is 0.625. The van der Waals surface area contributed by atoms with Crippen LogP contribution in [0.5, 0.6) is 0 Å². The Morgan fingerprint density at radius 3 is 1.88 bits per heavy atom. The van der Waals surface area contributed by atoms with E-state index in [0.29, 0.717) is 32.5 Å². The van der Waals surface area contributed by atoms with Crippen LogP contribution in [0.4, 0.5) is 0 Å². The van der Waals surface area contributed by atoms with Crippen LogP contribution in [0.3, 0.4) is 0 Å². The first-order chi connectivity index (χ1) is 11.8. The molecule has 1 rings (SSSR count). The quantitative estimate of drug-likeness (QED) is 0.205. The Labute approximate surface area is 146 Å². The highest BCUT2D eigenvalue weighted by Crippen LogP contribution is 2.17. The molecule has 0 unspecified atom stereocenters. The largest absolute Gasteiger partial charge is 0.764 e. The molecule has 0 heterocycles. The molecule has 0 atom stereocenters. The van der Waals surface area contributed by atoms with Crippen LogP contribution < -0.4 is 5.32 Å². The zero-order valence-corrected chi connectivity index (χ0v) is 16.2. The fourth-order valence-electron chi connectivity index (χ4n) is 2.39. The summed E-state index contributed by atoms with van der Waals surface area (Å²) in [7, 11) is -3.64. The first-order valence-electron chi connectivity index (χ1n) is 9.05. The van der Waals surface area contributed by atoms with E-state index in [1.54, 1.807) is 20.8 Å². The Morgan fingerprint density at radius 2 is 1.38 bits per heavy atom. The van der Waals surface area contributed by atoms with E-state index < -0.39 is 9.05 Å². The minimum atomic E-state index is -3.64. The van der Waals surface area contributed by atoms with Crippen LogP contribution in [-0.2, 0) is 32.8 Å². The van der Waals surface area contributed by atoms with E-state index in [-0.39, 0.29) is 0 Å². The monoisotopic (exact) mass is 367 g/mol. The lowest BCUT2D eigenvalue weighted by molar-refractivity contribution is -0.385. The summed E-state index contributed by atoms with van der Waals surface area (Å²) in [4.78, 5) is 14.9. The van der Waals surface area contributed by atoms with Crippen LogP contribution in [0.1, 0.15) is 59.3 Å². The van der Waals surface area contributed by atoms with Crippen molar-refractivity contribution in [1.82, 2.24) is 5.32 Å². The molecule has 0 spiro atoms. The summed E-state index contributed by atoms with van der Waals surface area (Å²) >= 11 is 0.